The van der Waals surface area contributed by atoms with Crippen LogP contribution in [0, 0.1) is 17.8 Å². The number of aliphatic carboxylic acids is 1. The lowest BCUT2D eigenvalue weighted by Gasteiger charge is -2.31. The first kappa shape index (κ1) is 43.5. The van der Waals surface area contributed by atoms with E-state index >= 15 is 0 Å². The van der Waals surface area contributed by atoms with Gasteiger partial charge in [0.05, 0.1) is 18.1 Å². The Labute approximate surface area is 294 Å². The Morgan fingerprint density at radius 1 is 0.918 bits per heavy atom. The molecule has 0 aliphatic heterocycles. The van der Waals surface area contributed by atoms with Gasteiger partial charge in [0.15, 0.2) is 11.4 Å². The van der Waals surface area contributed by atoms with Crippen molar-refractivity contribution in [2.24, 2.45) is 5.92 Å². The lowest BCUT2D eigenvalue weighted by Crippen LogP contribution is -2.55. The molecule has 0 saturated heterocycles. The van der Waals surface area contributed by atoms with E-state index in [2.05, 4.69) is 24.1 Å². The largest absolute Gasteiger partial charge is 0.481 e. The average Bonchev–Trinajstić information content (AvgIpc) is 3.06. The Kier molecular flexibility index (Phi) is 22.6. The first-order chi connectivity index (χ1) is 23.5. The number of ether oxygens (including phenoxy) is 2. The molecule has 0 saturated carbocycles. The molecule has 1 aromatic carbocycles. The number of nitrogens with one attached hydrogen (secondary N) is 1. The summed E-state index contributed by atoms with van der Waals surface area (Å²) >= 11 is 0. The van der Waals surface area contributed by atoms with Crippen LogP contribution < -0.4 is 10.1 Å². The number of benzene rings is 1. The third kappa shape index (κ3) is 18.2. The van der Waals surface area contributed by atoms with E-state index in [1.54, 1.807) is 58.0 Å². The second-order valence-corrected chi connectivity index (χ2v) is 13.0. The van der Waals surface area contributed by atoms with E-state index in [0.717, 1.165) is 44.1 Å². The number of allylic oxidation sites excluding steroid dienone is 1. The topological polar surface area (TPSA) is 139 Å². The van der Waals surface area contributed by atoms with Crippen LogP contribution in [0.2, 0.25) is 0 Å². The third-order valence-corrected chi connectivity index (χ3v) is 8.38. The minimum absolute atomic E-state index is 0.137. The summed E-state index contributed by atoms with van der Waals surface area (Å²) in [5.74, 6) is 2.50. The van der Waals surface area contributed by atoms with Gasteiger partial charge in [-0.1, -0.05) is 89.0 Å². The molecule has 0 heterocycles. The molecule has 274 valence electrons. The van der Waals surface area contributed by atoms with Crippen molar-refractivity contribution >= 4 is 23.4 Å². The van der Waals surface area contributed by atoms with Gasteiger partial charge in [-0.3, -0.25) is 14.4 Å². The maximum Gasteiger partial charge on any atom is 0.336 e. The summed E-state index contributed by atoms with van der Waals surface area (Å²) in [5.41, 5.74) is -1.60. The molecule has 3 atom stereocenters. The molecular formula is C40H61NO8. The van der Waals surface area contributed by atoms with Crippen LogP contribution in [-0.2, 0) is 30.3 Å². The Bertz CT molecular complexity index is 1210. The van der Waals surface area contributed by atoms with Gasteiger partial charge < -0.3 is 25.0 Å². The summed E-state index contributed by atoms with van der Waals surface area (Å²) in [6.07, 6.45) is 14.3. The molecule has 1 rings (SSSR count). The monoisotopic (exact) mass is 683 g/mol. The molecule has 3 N–H and O–H groups in total. The number of carbonyl (C=O) groups excluding carboxylic acids is 3. The number of hydrogen-bond acceptors (Lipinski definition) is 7. The normalized spacial score (nSPS) is 13.7. The van der Waals surface area contributed by atoms with Gasteiger partial charge in [0.25, 0.3) is 0 Å². The first-order valence-corrected chi connectivity index (χ1v) is 18.2. The van der Waals surface area contributed by atoms with E-state index in [1.807, 2.05) is 0 Å². The molecule has 9 nitrogen and oxygen atoms in total. The van der Waals surface area contributed by atoms with Crippen molar-refractivity contribution in [3.05, 3.63) is 42.0 Å². The minimum atomic E-state index is -2.35. The maximum absolute atomic E-state index is 13.8. The number of hydrogen-bond donors (Lipinski definition) is 3. The summed E-state index contributed by atoms with van der Waals surface area (Å²) in [6, 6.07) is 6.07. The summed E-state index contributed by atoms with van der Waals surface area (Å²) < 4.78 is 11.1. The highest BCUT2D eigenvalue weighted by Crippen LogP contribution is 2.27. The van der Waals surface area contributed by atoms with E-state index in [0.29, 0.717) is 37.2 Å². The lowest BCUT2D eigenvalue weighted by atomic mass is 9.82. The van der Waals surface area contributed by atoms with Gasteiger partial charge in [-0.15, -0.1) is 5.92 Å². The van der Waals surface area contributed by atoms with Crippen LogP contribution in [0.15, 0.2) is 36.4 Å². The Balaban J connectivity index is 2.94. The number of aliphatic hydroxyl groups is 1. The molecule has 0 spiro atoms. The Hall–Kier alpha value is -3.48. The van der Waals surface area contributed by atoms with Crippen molar-refractivity contribution in [2.45, 2.75) is 149 Å². The fourth-order valence-corrected chi connectivity index (χ4v) is 5.47. The number of unbranched alkanes of at least 4 members (excludes halogenated alkanes) is 8. The standard InChI is InChI=1S/C40H61NO8/c1-6-9-11-14-17-20-33(42)21-18-15-12-13-16-19-22-35(40(47,27-8-3)39(45)46)38(44)41-36(37(43)30-49-31(4)5)29-32-23-25-34(26-24-32)48-28-10-7-2/h19,22-26,31,35-36,47H,6,8-9,11-18,20-21,27-30H2,1-5H3,(H,41,44)(H,45,46)/b22-19+/t35-,36+,40+/m1/s1. The summed E-state index contributed by atoms with van der Waals surface area (Å²) in [6.45, 7) is 9.26. The molecule has 0 aliphatic carbocycles. The fraction of sp³-hybridized carbons (Fsp3) is 0.650. The molecule has 1 aromatic rings. The number of carboxylic acids is 1. The number of Topliss-reactive ketones (excluding diaryl/α,β-unsaturated/α-hetero) is 2. The quantitative estimate of drug-likeness (QED) is 0.0480. The zero-order valence-corrected chi connectivity index (χ0v) is 30.6. The molecule has 0 fully saturated rings. The third-order valence-electron chi connectivity index (χ3n) is 8.38. The van der Waals surface area contributed by atoms with Crippen molar-refractivity contribution in [3.8, 4) is 17.6 Å². The van der Waals surface area contributed by atoms with Crippen molar-refractivity contribution in [1.82, 2.24) is 5.32 Å². The molecule has 49 heavy (non-hydrogen) atoms. The molecule has 0 aromatic heterocycles. The minimum Gasteiger partial charge on any atom is -0.481 e. The molecule has 0 unspecified atom stereocenters. The van der Waals surface area contributed by atoms with Crippen molar-refractivity contribution in [1.29, 1.82) is 0 Å². The van der Waals surface area contributed by atoms with Gasteiger partial charge in [-0.25, -0.2) is 4.79 Å². The van der Waals surface area contributed by atoms with Crippen LogP contribution in [0.1, 0.15) is 130 Å². The van der Waals surface area contributed by atoms with Crippen LogP contribution >= 0.6 is 0 Å². The van der Waals surface area contributed by atoms with E-state index in [1.165, 1.54) is 25.3 Å². The maximum atomic E-state index is 13.8. The van der Waals surface area contributed by atoms with Crippen LogP contribution in [-0.4, -0.2) is 64.6 Å². The van der Waals surface area contributed by atoms with Gasteiger partial charge in [-0.2, -0.15) is 0 Å². The van der Waals surface area contributed by atoms with Gasteiger partial charge >= 0.3 is 5.97 Å². The summed E-state index contributed by atoms with van der Waals surface area (Å²) in [4.78, 5) is 51.5. The van der Waals surface area contributed by atoms with Crippen LogP contribution in [0.3, 0.4) is 0 Å². The van der Waals surface area contributed by atoms with Crippen LogP contribution in [0.4, 0.5) is 0 Å². The van der Waals surface area contributed by atoms with Gasteiger partial charge in [0.2, 0.25) is 5.91 Å². The molecular weight excluding hydrogens is 622 g/mol. The van der Waals surface area contributed by atoms with Crippen molar-refractivity contribution in [3.63, 3.8) is 0 Å². The second kappa shape index (κ2) is 25.5. The van der Waals surface area contributed by atoms with Crippen LogP contribution in [0.25, 0.3) is 0 Å². The van der Waals surface area contributed by atoms with Gasteiger partial charge in [0, 0.05) is 12.8 Å². The smallest absolute Gasteiger partial charge is 0.336 e. The number of carboxylic acid groups (broad SMARTS) is 1. The van der Waals surface area contributed by atoms with E-state index in [-0.39, 0.29) is 37.9 Å². The zero-order valence-electron chi connectivity index (χ0n) is 30.6. The fourth-order valence-electron chi connectivity index (χ4n) is 5.47. The predicted octanol–water partition coefficient (Wildman–Crippen LogP) is 7.17. The molecule has 0 radical (unpaired) electrons. The zero-order chi connectivity index (χ0) is 36.5. The first-order valence-electron chi connectivity index (χ1n) is 18.2. The predicted molar refractivity (Wildman–Crippen MR) is 193 cm³/mol. The Morgan fingerprint density at radius 2 is 1.55 bits per heavy atom. The molecule has 1 amide bonds. The highest BCUT2D eigenvalue weighted by molar-refractivity contribution is 5.94. The van der Waals surface area contributed by atoms with Crippen LogP contribution in [0.5, 0.6) is 5.75 Å². The lowest BCUT2D eigenvalue weighted by molar-refractivity contribution is -0.167. The molecule has 9 heteroatoms. The average molecular weight is 684 g/mol. The Morgan fingerprint density at radius 3 is 2.12 bits per heavy atom. The van der Waals surface area contributed by atoms with E-state index < -0.39 is 29.4 Å². The van der Waals surface area contributed by atoms with Crippen molar-refractivity contribution < 1.29 is 38.9 Å². The number of ketones is 2. The second-order valence-electron chi connectivity index (χ2n) is 13.0. The van der Waals surface area contributed by atoms with E-state index in [4.69, 9.17) is 9.47 Å². The highest BCUT2D eigenvalue weighted by atomic mass is 16.5. The SMILES string of the molecule is CC#CCOc1ccc(C[C@H](NC(=O)[C@@H](/C=C/CCCCCCC(=O)CCCCCCC)[C@@](O)(CCC)C(=O)O)C(=O)COC(C)C)cc1. The summed E-state index contributed by atoms with van der Waals surface area (Å²) in [5, 5.41) is 24.1. The van der Waals surface area contributed by atoms with Crippen molar-refractivity contribution in [2.75, 3.05) is 13.2 Å². The van der Waals surface area contributed by atoms with Gasteiger partial charge in [-0.05, 0) is 77.0 Å². The number of rotatable bonds is 28. The van der Waals surface area contributed by atoms with Gasteiger partial charge in [0.1, 0.15) is 24.7 Å². The molecule has 0 bridgehead atoms. The molecule has 0 aliphatic rings. The summed E-state index contributed by atoms with van der Waals surface area (Å²) in [7, 11) is 0. The highest BCUT2D eigenvalue weighted by Gasteiger charge is 2.46. The number of amides is 1. The van der Waals surface area contributed by atoms with E-state index in [9.17, 15) is 29.4 Å². The number of carbonyl (C=O) groups is 4.